The Hall–Kier alpha value is -0.960. The van der Waals surface area contributed by atoms with Crippen LogP contribution in [-0.4, -0.2) is 0 Å². The van der Waals surface area contributed by atoms with Crippen LogP contribution >= 0.6 is 0 Å². The van der Waals surface area contributed by atoms with E-state index >= 15 is 0 Å². The molecule has 1 rings (SSSR count). The molecular weight excluding hydrogens is 232 g/mol. The second-order valence-corrected chi connectivity index (χ2v) is 4.99. The molecule has 0 spiro atoms. The number of rotatable bonds is 6. The Balaban J connectivity index is 3.00. The molecule has 1 aromatic carbocycles. The van der Waals surface area contributed by atoms with E-state index in [-0.39, 0.29) is 11.7 Å². The molecule has 0 fully saturated rings. The number of aryl methyl sites for hydroxylation is 1. The van der Waals surface area contributed by atoms with Crippen LogP contribution in [0.5, 0.6) is 0 Å². The molecule has 0 radical (unpaired) electrons. The molecule has 1 nitrogen and oxygen atoms in total. The maximum Gasteiger partial charge on any atom is 0.128 e. The average molecular weight is 255 g/mol. The first kappa shape index (κ1) is 15.1. The van der Waals surface area contributed by atoms with Crippen molar-refractivity contribution in [1.82, 2.24) is 0 Å². The van der Waals surface area contributed by atoms with Crippen LogP contribution in [0, 0.1) is 24.5 Å². The lowest BCUT2D eigenvalue weighted by atomic mass is 9.86. The highest BCUT2D eigenvalue weighted by molar-refractivity contribution is 5.28. The molecule has 0 saturated carbocycles. The molecule has 0 bridgehead atoms. The topological polar surface area (TPSA) is 26.0 Å². The summed E-state index contributed by atoms with van der Waals surface area (Å²) in [5.41, 5.74) is 6.76. The van der Waals surface area contributed by atoms with Gasteiger partial charge in [-0.25, -0.2) is 8.78 Å². The van der Waals surface area contributed by atoms with E-state index in [4.69, 9.17) is 5.73 Å². The van der Waals surface area contributed by atoms with Gasteiger partial charge in [-0.15, -0.1) is 0 Å². The number of halogens is 2. The summed E-state index contributed by atoms with van der Waals surface area (Å²) < 4.78 is 27.4. The zero-order valence-corrected chi connectivity index (χ0v) is 11.5. The Morgan fingerprint density at radius 2 is 1.61 bits per heavy atom. The van der Waals surface area contributed by atoms with Crippen LogP contribution in [0.25, 0.3) is 0 Å². The van der Waals surface area contributed by atoms with Crippen molar-refractivity contribution in [3.63, 3.8) is 0 Å². The van der Waals surface area contributed by atoms with Crippen molar-refractivity contribution in [2.24, 2.45) is 11.7 Å². The minimum atomic E-state index is -0.417. The van der Waals surface area contributed by atoms with Gasteiger partial charge in [-0.2, -0.15) is 0 Å². The van der Waals surface area contributed by atoms with Crippen LogP contribution < -0.4 is 5.73 Å². The van der Waals surface area contributed by atoms with Gasteiger partial charge < -0.3 is 5.73 Å². The van der Waals surface area contributed by atoms with E-state index in [9.17, 15) is 8.78 Å². The zero-order chi connectivity index (χ0) is 13.7. The van der Waals surface area contributed by atoms with Gasteiger partial charge in [0.2, 0.25) is 0 Å². The van der Waals surface area contributed by atoms with Crippen molar-refractivity contribution in [1.29, 1.82) is 0 Å². The third-order valence-electron chi connectivity index (χ3n) is 3.46. The van der Waals surface area contributed by atoms with Gasteiger partial charge in [-0.3, -0.25) is 0 Å². The second kappa shape index (κ2) is 6.83. The summed E-state index contributed by atoms with van der Waals surface area (Å²) >= 11 is 0. The molecule has 0 aliphatic carbocycles. The summed E-state index contributed by atoms with van der Waals surface area (Å²) in [4.78, 5) is 0. The summed E-state index contributed by atoms with van der Waals surface area (Å²) in [6.07, 6.45) is 3.91. The molecule has 1 unspecified atom stereocenters. The molecular formula is C15H23F2N. The molecule has 102 valence electrons. The van der Waals surface area contributed by atoms with Crippen molar-refractivity contribution in [3.8, 4) is 0 Å². The van der Waals surface area contributed by atoms with Crippen molar-refractivity contribution in [2.45, 2.75) is 52.5 Å². The fourth-order valence-electron chi connectivity index (χ4n) is 2.42. The second-order valence-electron chi connectivity index (χ2n) is 4.99. The SMILES string of the molecule is CCCC(CCC)C(N)c1cc(F)c(C)cc1F. The molecule has 1 aromatic rings. The Morgan fingerprint density at radius 1 is 1.06 bits per heavy atom. The summed E-state index contributed by atoms with van der Waals surface area (Å²) in [5.74, 6) is -0.552. The highest BCUT2D eigenvalue weighted by Gasteiger charge is 2.22. The lowest BCUT2D eigenvalue weighted by Crippen LogP contribution is -2.23. The molecule has 0 saturated heterocycles. The van der Waals surface area contributed by atoms with Gasteiger partial charge in [0, 0.05) is 11.6 Å². The van der Waals surface area contributed by atoms with E-state index in [1.54, 1.807) is 6.92 Å². The van der Waals surface area contributed by atoms with Crippen LogP contribution in [0.1, 0.15) is 56.7 Å². The van der Waals surface area contributed by atoms with Gasteiger partial charge >= 0.3 is 0 Å². The highest BCUT2D eigenvalue weighted by atomic mass is 19.1. The first-order valence-electron chi connectivity index (χ1n) is 6.72. The Kier molecular flexibility index (Phi) is 5.73. The average Bonchev–Trinajstić information content (AvgIpc) is 2.33. The standard InChI is InChI=1S/C15H23F2N/c1-4-6-11(7-5-2)15(18)12-9-13(16)10(3)8-14(12)17/h8-9,11,15H,4-7,18H2,1-3H3. The molecule has 0 heterocycles. The molecule has 0 amide bonds. The highest BCUT2D eigenvalue weighted by Crippen LogP contribution is 2.30. The first-order chi connectivity index (χ1) is 8.51. The Bertz CT molecular complexity index is 384. The van der Waals surface area contributed by atoms with E-state index in [1.165, 1.54) is 12.1 Å². The summed E-state index contributed by atoms with van der Waals surface area (Å²) in [5, 5.41) is 0. The molecule has 0 aliphatic rings. The Labute approximate surface area is 108 Å². The van der Waals surface area contributed by atoms with Crippen molar-refractivity contribution < 1.29 is 8.78 Å². The van der Waals surface area contributed by atoms with Crippen LogP contribution in [0.15, 0.2) is 12.1 Å². The van der Waals surface area contributed by atoms with E-state index in [2.05, 4.69) is 13.8 Å². The van der Waals surface area contributed by atoms with Gasteiger partial charge in [-0.1, -0.05) is 26.7 Å². The normalized spacial score (nSPS) is 13.1. The Morgan fingerprint density at radius 3 is 2.11 bits per heavy atom. The van der Waals surface area contributed by atoms with E-state index < -0.39 is 11.9 Å². The number of hydrogen-bond donors (Lipinski definition) is 1. The summed E-state index contributed by atoms with van der Waals surface area (Å²) in [6.45, 7) is 5.73. The number of benzene rings is 1. The van der Waals surface area contributed by atoms with E-state index in [1.807, 2.05) is 0 Å². The van der Waals surface area contributed by atoms with Crippen molar-refractivity contribution in [3.05, 3.63) is 34.9 Å². The largest absolute Gasteiger partial charge is 0.324 e. The third-order valence-corrected chi connectivity index (χ3v) is 3.46. The number of nitrogens with two attached hydrogens (primary N) is 1. The smallest absolute Gasteiger partial charge is 0.128 e. The lowest BCUT2D eigenvalue weighted by molar-refractivity contribution is 0.359. The monoisotopic (exact) mass is 255 g/mol. The minimum absolute atomic E-state index is 0.219. The lowest BCUT2D eigenvalue weighted by Gasteiger charge is -2.24. The van der Waals surface area contributed by atoms with Gasteiger partial charge in [-0.05, 0) is 43.4 Å². The molecule has 0 aliphatic heterocycles. The quantitative estimate of drug-likeness (QED) is 0.796. The van der Waals surface area contributed by atoms with Crippen LogP contribution in [0.2, 0.25) is 0 Å². The van der Waals surface area contributed by atoms with Crippen LogP contribution in [0.3, 0.4) is 0 Å². The zero-order valence-electron chi connectivity index (χ0n) is 11.5. The van der Waals surface area contributed by atoms with Gasteiger partial charge in [0.25, 0.3) is 0 Å². The van der Waals surface area contributed by atoms with Gasteiger partial charge in [0.1, 0.15) is 11.6 Å². The minimum Gasteiger partial charge on any atom is -0.324 e. The first-order valence-corrected chi connectivity index (χ1v) is 6.72. The predicted octanol–water partition coefficient (Wildman–Crippen LogP) is 4.49. The fourth-order valence-corrected chi connectivity index (χ4v) is 2.42. The van der Waals surface area contributed by atoms with Gasteiger partial charge in [0.15, 0.2) is 0 Å². The number of hydrogen-bond acceptors (Lipinski definition) is 1. The molecule has 18 heavy (non-hydrogen) atoms. The van der Waals surface area contributed by atoms with Crippen LogP contribution in [-0.2, 0) is 0 Å². The maximum absolute atomic E-state index is 13.9. The van der Waals surface area contributed by atoms with Crippen LogP contribution in [0.4, 0.5) is 8.78 Å². The molecule has 3 heteroatoms. The third kappa shape index (κ3) is 3.52. The summed E-state index contributed by atoms with van der Waals surface area (Å²) in [7, 11) is 0. The predicted molar refractivity (Wildman–Crippen MR) is 71.3 cm³/mol. The van der Waals surface area contributed by atoms with Gasteiger partial charge in [0.05, 0.1) is 0 Å². The molecule has 2 N–H and O–H groups in total. The summed E-state index contributed by atoms with van der Waals surface area (Å²) in [6, 6.07) is 2.08. The molecule has 0 aromatic heterocycles. The fraction of sp³-hybridized carbons (Fsp3) is 0.600. The molecule has 1 atom stereocenters. The van der Waals surface area contributed by atoms with E-state index in [0.29, 0.717) is 11.1 Å². The van der Waals surface area contributed by atoms with Crippen molar-refractivity contribution >= 4 is 0 Å². The van der Waals surface area contributed by atoms with Crippen molar-refractivity contribution in [2.75, 3.05) is 0 Å². The maximum atomic E-state index is 13.9. The van der Waals surface area contributed by atoms with E-state index in [0.717, 1.165) is 25.7 Å².